The van der Waals surface area contributed by atoms with Crippen molar-refractivity contribution in [3.63, 3.8) is 0 Å². The van der Waals surface area contributed by atoms with Gasteiger partial charge in [0.15, 0.2) is 0 Å². The molecule has 0 fully saturated rings. The summed E-state index contributed by atoms with van der Waals surface area (Å²) in [5.41, 5.74) is 2.40. The molecule has 2 rings (SSSR count). The smallest absolute Gasteiger partial charge is 0.250 e. The van der Waals surface area contributed by atoms with Crippen LogP contribution in [0, 0.1) is 0 Å². The van der Waals surface area contributed by atoms with Gasteiger partial charge >= 0.3 is 0 Å². The molecule has 0 radical (unpaired) electrons. The third-order valence-corrected chi connectivity index (χ3v) is 3.09. The molecule has 0 aliphatic rings. The Morgan fingerprint density at radius 2 is 2.16 bits per heavy atom. The van der Waals surface area contributed by atoms with Crippen molar-refractivity contribution in [1.29, 1.82) is 0 Å². The van der Waals surface area contributed by atoms with Gasteiger partial charge in [0, 0.05) is 38.1 Å². The summed E-state index contributed by atoms with van der Waals surface area (Å²) in [4.78, 5) is 15.9. The second-order valence-corrected chi connectivity index (χ2v) is 4.37. The van der Waals surface area contributed by atoms with Crippen molar-refractivity contribution in [2.75, 3.05) is 6.54 Å². The summed E-state index contributed by atoms with van der Waals surface area (Å²) in [6.07, 6.45) is 4.61. The van der Waals surface area contributed by atoms with Gasteiger partial charge in [0.1, 0.15) is 0 Å². The lowest BCUT2D eigenvalue weighted by atomic mass is 10.1. The zero-order valence-corrected chi connectivity index (χ0v) is 11.2. The van der Waals surface area contributed by atoms with Crippen LogP contribution in [0.2, 0.25) is 0 Å². The first kappa shape index (κ1) is 13.5. The molecule has 19 heavy (non-hydrogen) atoms. The highest BCUT2D eigenvalue weighted by atomic mass is 16.1. The van der Waals surface area contributed by atoms with Crippen molar-refractivity contribution < 1.29 is 0 Å². The third kappa shape index (κ3) is 3.76. The normalized spacial score (nSPS) is 10.6. The molecule has 0 saturated heterocycles. The van der Waals surface area contributed by atoms with Gasteiger partial charge in [-0.15, -0.1) is 0 Å². The predicted octanol–water partition coefficient (Wildman–Crippen LogP) is 1.60. The molecular weight excluding hydrogens is 238 g/mol. The first-order valence-electron chi connectivity index (χ1n) is 6.60. The number of rotatable bonds is 6. The zero-order valence-electron chi connectivity index (χ0n) is 11.2. The molecule has 0 bridgehead atoms. The van der Waals surface area contributed by atoms with Crippen molar-refractivity contribution in [2.24, 2.45) is 0 Å². The summed E-state index contributed by atoms with van der Waals surface area (Å²) in [6.45, 7) is 4.30. The Morgan fingerprint density at radius 1 is 1.26 bits per heavy atom. The summed E-state index contributed by atoms with van der Waals surface area (Å²) in [5.74, 6) is 0. The molecular formula is C15H19N3O. The monoisotopic (exact) mass is 257 g/mol. The van der Waals surface area contributed by atoms with Crippen LogP contribution in [-0.4, -0.2) is 16.1 Å². The predicted molar refractivity (Wildman–Crippen MR) is 76.0 cm³/mol. The van der Waals surface area contributed by atoms with E-state index in [2.05, 4.69) is 23.3 Å². The van der Waals surface area contributed by atoms with Crippen molar-refractivity contribution >= 4 is 0 Å². The van der Waals surface area contributed by atoms with Crippen molar-refractivity contribution in [2.45, 2.75) is 26.4 Å². The van der Waals surface area contributed by atoms with Crippen LogP contribution in [-0.2, 0) is 19.5 Å². The number of nitrogens with one attached hydrogen (secondary N) is 1. The molecule has 0 aromatic carbocycles. The second-order valence-electron chi connectivity index (χ2n) is 4.37. The maximum atomic E-state index is 11.5. The average molecular weight is 257 g/mol. The largest absolute Gasteiger partial charge is 0.314 e. The van der Waals surface area contributed by atoms with Gasteiger partial charge in [0.05, 0.1) is 5.69 Å². The van der Waals surface area contributed by atoms with Gasteiger partial charge in [-0.25, -0.2) is 0 Å². The fraction of sp³-hybridized carbons (Fsp3) is 0.333. The Hall–Kier alpha value is -1.94. The van der Waals surface area contributed by atoms with Crippen LogP contribution in [0.1, 0.15) is 18.2 Å². The highest BCUT2D eigenvalue weighted by molar-refractivity contribution is 5.19. The summed E-state index contributed by atoms with van der Waals surface area (Å²) in [6, 6.07) is 9.27. The highest BCUT2D eigenvalue weighted by Crippen LogP contribution is 2.05. The number of pyridine rings is 2. The molecule has 2 heterocycles. The lowest BCUT2D eigenvalue weighted by Gasteiger charge is -2.09. The molecule has 0 aliphatic carbocycles. The van der Waals surface area contributed by atoms with E-state index < -0.39 is 0 Å². The van der Waals surface area contributed by atoms with Gasteiger partial charge in [-0.2, -0.15) is 0 Å². The van der Waals surface area contributed by atoms with E-state index in [1.54, 1.807) is 16.7 Å². The Bertz CT molecular complexity index is 577. The van der Waals surface area contributed by atoms with Crippen molar-refractivity contribution in [3.05, 3.63) is 64.3 Å². The van der Waals surface area contributed by atoms with Crippen LogP contribution in [0.5, 0.6) is 0 Å². The lowest BCUT2D eigenvalue weighted by Crippen LogP contribution is -2.26. The number of aryl methyl sites for hydroxylation is 1. The van der Waals surface area contributed by atoms with Crippen LogP contribution in [0.25, 0.3) is 0 Å². The van der Waals surface area contributed by atoms with E-state index in [-0.39, 0.29) is 5.56 Å². The van der Waals surface area contributed by atoms with E-state index in [9.17, 15) is 4.79 Å². The fourth-order valence-corrected chi connectivity index (χ4v) is 2.00. The number of hydrogen-bond donors (Lipinski definition) is 1. The standard InChI is InChI=1S/C15H19N3O/c1-2-13-6-5-8-17-14(13)12-16-9-11-18-10-4-3-7-15(18)19/h3-8,10,16H,2,9,11-12H2,1H3. The van der Waals surface area contributed by atoms with Crippen LogP contribution < -0.4 is 10.9 Å². The number of aromatic nitrogens is 2. The summed E-state index contributed by atoms with van der Waals surface area (Å²) >= 11 is 0. The minimum absolute atomic E-state index is 0.0383. The van der Waals surface area contributed by atoms with Crippen LogP contribution in [0.15, 0.2) is 47.5 Å². The molecule has 4 heteroatoms. The van der Waals surface area contributed by atoms with E-state index in [0.29, 0.717) is 6.54 Å². The van der Waals surface area contributed by atoms with Gasteiger partial charge < -0.3 is 9.88 Å². The van der Waals surface area contributed by atoms with Gasteiger partial charge in [-0.1, -0.05) is 19.1 Å². The van der Waals surface area contributed by atoms with E-state index in [0.717, 1.165) is 25.2 Å². The number of hydrogen-bond acceptors (Lipinski definition) is 3. The van der Waals surface area contributed by atoms with Crippen LogP contribution in [0.3, 0.4) is 0 Å². The Morgan fingerprint density at radius 3 is 2.95 bits per heavy atom. The molecule has 2 aromatic heterocycles. The average Bonchev–Trinajstić information content (AvgIpc) is 2.45. The van der Waals surface area contributed by atoms with Gasteiger partial charge in [0.25, 0.3) is 5.56 Å². The summed E-state index contributed by atoms with van der Waals surface area (Å²) < 4.78 is 1.70. The molecule has 100 valence electrons. The lowest BCUT2D eigenvalue weighted by molar-refractivity contribution is 0.579. The van der Waals surface area contributed by atoms with Gasteiger partial charge in [-0.3, -0.25) is 9.78 Å². The quantitative estimate of drug-likeness (QED) is 0.800. The van der Waals surface area contributed by atoms with Gasteiger partial charge in [0.2, 0.25) is 0 Å². The molecule has 0 amide bonds. The zero-order chi connectivity index (χ0) is 13.5. The van der Waals surface area contributed by atoms with E-state index in [1.807, 2.05) is 24.5 Å². The molecule has 1 N–H and O–H groups in total. The molecule has 0 saturated carbocycles. The molecule has 0 atom stereocenters. The third-order valence-electron chi connectivity index (χ3n) is 3.09. The molecule has 2 aromatic rings. The number of nitrogens with zero attached hydrogens (tertiary/aromatic N) is 2. The van der Waals surface area contributed by atoms with Gasteiger partial charge in [-0.05, 0) is 24.1 Å². The van der Waals surface area contributed by atoms with Crippen LogP contribution >= 0.6 is 0 Å². The van der Waals surface area contributed by atoms with E-state index in [4.69, 9.17) is 0 Å². The first-order valence-corrected chi connectivity index (χ1v) is 6.60. The highest BCUT2D eigenvalue weighted by Gasteiger charge is 2.00. The SMILES string of the molecule is CCc1cccnc1CNCCn1ccccc1=O. The van der Waals surface area contributed by atoms with Crippen molar-refractivity contribution in [1.82, 2.24) is 14.9 Å². The topological polar surface area (TPSA) is 46.9 Å². The Labute approximate surface area is 113 Å². The first-order chi connectivity index (χ1) is 9.31. The maximum absolute atomic E-state index is 11.5. The van der Waals surface area contributed by atoms with Crippen LogP contribution in [0.4, 0.5) is 0 Å². The fourth-order valence-electron chi connectivity index (χ4n) is 2.00. The molecule has 4 nitrogen and oxygen atoms in total. The Kier molecular flexibility index (Phi) is 4.86. The molecule has 0 spiro atoms. The molecule has 0 aliphatic heterocycles. The maximum Gasteiger partial charge on any atom is 0.250 e. The van der Waals surface area contributed by atoms with E-state index in [1.165, 1.54) is 5.56 Å². The minimum Gasteiger partial charge on any atom is -0.314 e. The molecule has 0 unspecified atom stereocenters. The summed E-state index contributed by atoms with van der Waals surface area (Å²) in [7, 11) is 0. The Balaban J connectivity index is 1.84. The van der Waals surface area contributed by atoms with E-state index >= 15 is 0 Å². The minimum atomic E-state index is 0.0383. The van der Waals surface area contributed by atoms with Crippen molar-refractivity contribution in [3.8, 4) is 0 Å². The summed E-state index contributed by atoms with van der Waals surface area (Å²) in [5, 5.41) is 3.33. The second kappa shape index (κ2) is 6.85.